The van der Waals surface area contributed by atoms with E-state index < -0.39 is 11.9 Å². The minimum absolute atomic E-state index is 0.0307. The summed E-state index contributed by atoms with van der Waals surface area (Å²) in [4.78, 5) is 23.5. The first-order chi connectivity index (χ1) is 32.3. The van der Waals surface area contributed by atoms with Gasteiger partial charge in [0.05, 0.1) is 44.6 Å². The van der Waals surface area contributed by atoms with E-state index in [4.69, 9.17) is 23.7 Å². The van der Waals surface area contributed by atoms with Gasteiger partial charge in [-0.25, -0.2) is 0 Å². The summed E-state index contributed by atoms with van der Waals surface area (Å²) in [6.07, 6.45) is 6.80. The van der Waals surface area contributed by atoms with Crippen LogP contribution in [0.1, 0.15) is 53.9 Å². The normalized spacial score (nSPS) is 13.0. The van der Waals surface area contributed by atoms with E-state index in [1.807, 2.05) is 102 Å². The molecule has 1 aliphatic carbocycles. The zero-order chi connectivity index (χ0) is 45.4. The van der Waals surface area contributed by atoms with Gasteiger partial charge < -0.3 is 38.5 Å². The molecule has 2 N–H and O–H groups in total. The highest BCUT2D eigenvalue weighted by atomic mass is 16.5. The summed E-state index contributed by atoms with van der Waals surface area (Å²) in [6, 6.07) is 46.3. The number of allylic oxidation sites excluding steroid dienone is 1. The predicted molar refractivity (Wildman–Crippen MR) is 259 cm³/mol. The van der Waals surface area contributed by atoms with Crippen molar-refractivity contribution in [2.24, 2.45) is 0 Å². The Morgan fingerprint density at radius 1 is 0.591 bits per heavy atom. The largest absolute Gasteiger partial charge is 0.497 e. The number of ether oxygens (including phenoxy) is 5. The fraction of sp³-hybridized carbons (Fsp3) is 0.214. The van der Waals surface area contributed by atoms with E-state index >= 15 is 0 Å². The summed E-state index contributed by atoms with van der Waals surface area (Å²) in [5.41, 5.74) is 8.22. The molecule has 0 fully saturated rings. The topological polar surface area (TPSA) is 126 Å². The predicted octanol–water partition coefficient (Wildman–Crippen LogP) is 12.0. The number of aromatic nitrogens is 1. The molecule has 0 amide bonds. The third-order valence-corrected chi connectivity index (χ3v) is 12.1. The molecule has 9 rings (SSSR count). The fourth-order valence-corrected chi connectivity index (χ4v) is 8.97. The standard InChI is InChI=1S/C56H51NO9/c1-62-41-18-16-38-17-19-42(33-40(38)32-41)63-27-7-28-65-44-21-24-50-49-22-15-37(31-52(49)57(36-56(60)61)53(50)35-44)9-6-11-39-10-2-5-14-54(39)66-30-8-29-64-43-20-23-47-45-12-3-4-13-46(45)48(51(47)34-43)25-26-55(58)59/h2-6,9-10,12-24,31-35,48H,7-8,11,25-30,36H2,1H3,(H,58,59)(H,60,61)/b9-6+. The number of hydrogen-bond acceptors (Lipinski definition) is 7. The zero-order valence-corrected chi connectivity index (χ0v) is 36.8. The molecular weight excluding hydrogens is 831 g/mol. The summed E-state index contributed by atoms with van der Waals surface area (Å²) < 4.78 is 31.8. The maximum Gasteiger partial charge on any atom is 0.323 e. The maximum absolute atomic E-state index is 12.1. The van der Waals surface area contributed by atoms with Crippen LogP contribution in [-0.2, 0) is 22.6 Å². The smallest absolute Gasteiger partial charge is 0.323 e. The second kappa shape index (κ2) is 20.0. The SMILES string of the molecule is COc1ccc2ccc(OCCCOc3ccc4c5ccc(/C=C/Cc6ccccc6OCCCOc6ccc7c(c6)C(CCC(=O)O)c6ccccc6-7)cc5n(CC(=O)O)c4c3)cc2c1. The van der Waals surface area contributed by atoms with E-state index in [0.29, 0.717) is 57.9 Å². The lowest BCUT2D eigenvalue weighted by molar-refractivity contribution is -0.138. The van der Waals surface area contributed by atoms with Crippen molar-refractivity contribution in [3.63, 3.8) is 0 Å². The number of para-hydroxylation sites is 1. The van der Waals surface area contributed by atoms with Gasteiger partial charge in [0.25, 0.3) is 0 Å². The first kappa shape index (κ1) is 43.5. The van der Waals surface area contributed by atoms with Crippen LogP contribution in [0.2, 0.25) is 0 Å². The van der Waals surface area contributed by atoms with Gasteiger partial charge in [-0.2, -0.15) is 0 Å². The molecule has 10 nitrogen and oxygen atoms in total. The zero-order valence-electron chi connectivity index (χ0n) is 36.8. The van der Waals surface area contributed by atoms with Crippen molar-refractivity contribution in [3.8, 4) is 39.9 Å². The lowest BCUT2D eigenvalue weighted by Crippen LogP contribution is -2.08. The molecule has 0 spiro atoms. The van der Waals surface area contributed by atoms with Crippen LogP contribution >= 0.6 is 0 Å². The van der Waals surface area contributed by atoms with Crippen LogP contribution in [0.5, 0.6) is 28.7 Å². The molecule has 1 aliphatic rings. The Morgan fingerprint density at radius 3 is 1.98 bits per heavy atom. The Morgan fingerprint density at radius 2 is 1.21 bits per heavy atom. The van der Waals surface area contributed by atoms with Gasteiger partial charge in [-0.1, -0.05) is 84.9 Å². The van der Waals surface area contributed by atoms with Crippen molar-refractivity contribution >= 4 is 50.6 Å². The van der Waals surface area contributed by atoms with E-state index in [-0.39, 0.29) is 18.9 Å². The first-order valence-corrected chi connectivity index (χ1v) is 22.4. The van der Waals surface area contributed by atoms with Crippen LogP contribution in [-0.4, -0.2) is 60.3 Å². The van der Waals surface area contributed by atoms with Crippen molar-refractivity contribution in [1.29, 1.82) is 0 Å². The van der Waals surface area contributed by atoms with Crippen LogP contribution in [0.25, 0.3) is 49.8 Å². The fourth-order valence-electron chi connectivity index (χ4n) is 8.97. The van der Waals surface area contributed by atoms with Crippen molar-refractivity contribution in [2.45, 2.75) is 44.6 Å². The molecule has 0 radical (unpaired) electrons. The summed E-state index contributed by atoms with van der Waals surface area (Å²) in [5.74, 6) is 2.14. The molecule has 0 bridgehead atoms. The highest BCUT2D eigenvalue weighted by Gasteiger charge is 2.29. The molecule has 66 heavy (non-hydrogen) atoms. The summed E-state index contributed by atoms with van der Waals surface area (Å²) in [6.45, 7) is 1.69. The van der Waals surface area contributed by atoms with Crippen LogP contribution in [0.15, 0.2) is 146 Å². The molecule has 7 aromatic carbocycles. The second-order valence-corrected chi connectivity index (χ2v) is 16.4. The van der Waals surface area contributed by atoms with Gasteiger partial charge in [-0.05, 0) is 118 Å². The van der Waals surface area contributed by atoms with E-state index in [9.17, 15) is 19.8 Å². The van der Waals surface area contributed by atoms with Crippen LogP contribution in [0.3, 0.4) is 0 Å². The van der Waals surface area contributed by atoms with Crippen molar-refractivity contribution in [3.05, 3.63) is 168 Å². The number of carboxylic acid groups (broad SMARTS) is 2. The quantitative estimate of drug-likeness (QED) is 0.0678. The maximum atomic E-state index is 12.1. The van der Waals surface area contributed by atoms with Gasteiger partial charge in [0.15, 0.2) is 0 Å². The molecule has 1 heterocycles. The minimum Gasteiger partial charge on any atom is -0.497 e. The molecule has 0 aliphatic heterocycles. The molecule has 0 saturated carbocycles. The van der Waals surface area contributed by atoms with Crippen LogP contribution in [0, 0.1) is 0 Å². The number of fused-ring (bicyclic) bond motifs is 7. The average Bonchev–Trinajstić information content (AvgIpc) is 3.80. The van der Waals surface area contributed by atoms with Crippen molar-refractivity contribution in [1.82, 2.24) is 4.57 Å². The van der Waals surface area contributed by atoms with Gasteiger partial charge >= 0.3 is 11.9 Å². The Hall–Kier alpha value is -7.72. The Balaban J connectivity index is 0.792. The molecular formula is C56H51NO9. The number of nitrogens with zero attached hydrogens (tertiary/aromatic N) is 1. The summed E-state index contributed by atoms with van der Waals surface area (Å²) >= 11 is 0. The first-order valence-electron chi connectivity index (χ1n) is 22.4. The third kappa shape index (κ3) is 9.83. The number of hydrogen-bond donors (Lipinski definition) is 2. The van der Waals surface area contributed by atoms with E-state index in [1.165, 1.54) is 5.56 Å². The van der Waals surface area contributed by atoms with Crippen molar-refractivity contribution in [2.75, 3.05) is 33.5 Å². The second-order valence-electron chi connectivity index (χ2n) is 16.4. The monoisotopic (exact) mass is 881 g/mol. The van der Waals surface area contributed by atoms with E-state index in [1.54, 1.807) is 7.11 Å². The lowest BCUT2D eigenvalue weighted by atomic mass is 9.92. The number of aliphatic carboxylic acids is 2. The highest BCUT2D eigenvalue weighted by Crippen LogP contribution is 2.48. The van der Waals surface area contributed by atoms with Gasteiger partial charge in [-0.3, -0.25) is 9.59 Å². The number of carboxylic acids is 2. The highest BCUT2D eigenvalue weighted by molar-refractivity contribution is 6.09. The average molecular weight is 882 g/mol. The lowest BCUT2D eigenvalue weighted by Gasteiger charge is -2.14. The number of rotatable bonds is 21. The molecule has 10 heteroatoms. The van der Waals surface area contributed by atoms with Crippen LogP contribution in [0.4, 0.5) is 0 Å². The molecule has 1 unspecified atom stereocenters. The molecule has 1 aromatic heterocycles. The van der Waals surface area contributed by atoms with Gasteiger partial charge in [-0.15, -0.1) is 0 Å². The van der Waals surface area contributed by atoms with Crippen LogP contribution < -0.4 is 23.7 Å². The number of benzene rings is 7. The van der Waals surface area contributed by atoms with Gasteiger partial charge in [0.1, 0.15) is 35.3 Å². The number of carbonyl (C=O) groups is 2. The Kier molecular flexibility index (Phi) is 13.2. The molecule has 1 atom stereocenters. The van der Waals surface area contributed by atoms with E-state index in [0.717, 1.165) is 83.4 Å². The summed E-state index contributed by atoms with van der Waals surface area (Å²) in [5, 5.41) is 23.4. The van der Waals surface area contributed by atoms with E-state index in [2.05, 4.69) is 54.6 Å². The number of methoxy groups -OCH3 is 1. The molecule has 334 valence electrons. The Labute approximate surface area is 383 Å². The molecule has 0 saturated heterocycles. The Bertz CT molecular complexity index is 3080. The van der Waals surface area contributed by atoms with Gasteiger partial charge in [0.2, 0.25) is 0 Å². The van der Waals surface area contributed by atoms with Gasteiger partial charge in [0, 0.05) is 42.0 Å². The minimum atomic E-state index is -0.925. The van der Waals surface area contributed by atoms with Crippen molar-refractivity contribution < 1.29 is 43.5 Å². The third-order valence-electron chi connectivity index (χ3n) is 12.1. The summed E-state index contributed by atoms with van der Waals surface area (Å²) in [7, 11) is 1.66. The molecule has 8 aromatic rings.